The molecule has 0 unspecified atom stereocenters. The minimum atomic E-state index is 0.700. The highest BCUT2D eigenvalue weighted by Gasteiger charge is 1.87. The largest absolute Gasteiger partial charge is 0.100 e. The van der Waals surface area contributed by atoms with Gasteiger partial charge in [-0.3, -0.25) is 0 Å². The van der Waals surface area contributed by atoms with Gasteiger partial charge in [0, 0.05) is 0 Å². The van der Waals surface area contributed by atoms with Gasteiger partial charge in [-0.1, -0.05) is 50.1 Å². The molecule has 0 nitrogen and oxygen atoms in total. The second kappa shape index (κ2) is 7.85. The van der Waals surface area contributed by atoms with Crippen LogP contribution in [0.2, 0.25) is 0 Å². The summed E-state index contributed by atoms with van der Waals surface area (Å²) in [4.78, 5) is 0. The van der Waals surface area contributed by atoms with Gasteiger partial charge in [0.25, 0.3) is 0 Å². The molecule has 13 heavy (non-hydrogen) atoms. The Bertz CT molecular complexity index is 184. The highest BCUT2D eigenvalue weighted by atomic mass is 13.9. The fourth-order valence-corrected chi connectivity index (χ4v) is 0.894. The monoisotopic (exact) mass is 178 g/mol. The predicted octanol–water partition coefficient (Wildman–Crippen LogP) is 4.50. The summed E-state index contributed by atoms with van der Waals surface area (Å²) in [5.74, 6) is 0.700. The van der Waals surface area contributed by atoms with E-state index in [-0.39, 0.29) is 0 Å². The van der Waals surface area contributed by atoms with Crippen molar-refractivity contribution in [3.63, 3.8) is 0 Å². The van der Waals surface area contributed by atoms with Gasteiger partial charge < -0.3 is 0 Å². The molecule has 0 aliphatic carbocycles. The van der Waals surface area contributed by atoms with E-state index in [0.29, 0.717) is 5.92 Å². The second-order valence-corrected chi connectivity index (χ2v) is 3.69. The van der Waals surface area contributed by atoms with Crippen LogP contribution in [-0.4, -0.2) is 0 Å². The second-order valence-electron chi connectivity index (χ2n) is 3.69. The first-order valence-electron chi connectivity index (χ1n) is 5.14. The Morgan fingerprint density at radius 2 is 2.08 bits per heavy atom. The van der Waals surface area contributed by atoms with Gasteiger partial charge in [-0.2, -0.15) is 0 Å². The Morgan fingerprint density at radius 3 is 2.62 bits per heavy atom. The Kier molecular flexibility index (Phi) is 7.38. The molecule has 0 heteroatoms. The van der Waals surface area contributed by atoms with E-state index in [1.165, 1.54) is 12.0 Å². The lowest BCUT2D eigenvalue weighted by Crippen LogP contribution is -1.82. The molecular weight excluding hydrogens is 156 g/mol. The van der Waals surface area contributed by atoms with Gasteiger partial charge in [0.05, 0.1) is 0 Å². The van der Waals surface area contributed by atoms with Crippen LogP contribution in [0, 0.1) is 5.92 Å². The van der Waals surface area contributed by atoms with E-state index in [9.17, 15) is 0 Å². The topological polar surface area (TPSA) is 0 Å². The Balaban J connectivity index is 3.51. The first-order valence-corrected chi connectivity index (χ1v) is 5.14. The van der Waals surface area contributed by atoms with Crippen LogP contribution in [0.4, 0.5) is 0 Å². The van der Waals surface area contributed by atoms with E-state index >= 15 is 0 Å². The molecule has 0 aliphatic rings. The van der Waals surface area contributed by atoms with E-state index in [4.69, 9.17) is 0 Å². The summed E-state index contributed by atoms with van der Waals surface area (Å²) in [5.41, 5.74) is 1.26. The minimum absolute atomic E-state index is 0.700. The zero-order chi connectivity index (χ0) is 10.1. The highest BCUT2D eigenvalue weighted by Crippen LogP contribution is 2.03. The van der Waals surface area contributed by atoms with E-state index in [1.807, 2.05) is 0 Å². The van der Waals surface area contributed by atoms with E-state index in [0.717, 1.165) is 12.8 Å². The van der Waals surface area contributed by atoms with Crippen molar-refractivity contribution in [2.75, 3.05) is 0 Å². The van der Waals surface area contributed by atoms with Crippen molar-refractivity contribution in [2.45, 2.75) is 40.0 Å². The van der Waals surface area contributed by atoms with Crippen molar-refractivity contribution >= 4 is 0 Å². The molecule has 0 saturated carbocycles. The summed E-state index contributed by atoms with van der Waals surface area (Å²) in [5, 5.41) is 0. The maximum absolute atomic E-state index is 3.86. The van der Waals surface area contributed by atoms with Crippen LogP contribution >= 0.6 is 0 Å². The molecule has 0 N–H and O–H groups in total. The molecule has 0 rings (SSSR count). The van der Waals surface area contributed by atoms with Gasteiger partial charge in [-0.25, -0.2) is 0 Å². The smallest absolute Gasteiger partial charge is 0.0261 e. The molecule has 0 amide bonds. The molecule has 0 fully saturated rings. The zero-order valence-corrected chi connectivity index (χ0v) is 9.22. The van der Waals surface area contributed by atoms with Crippen LogP contribution < -0.4 is 0 Å². The molecule has 0 aliphatic heterocycles. The summed E-state index contributed by atoms with van der Waals surface area (Å²) in [6.45, 7) is 10.4. The SMILES string of the molecule is C=C(C)CCC=CC=C[C@@H](C)CC. The van der Waals surface area contributed by atoms with Gasteiger partial charge in [-0.15, -0.1) is 6.58 Å². The van der Waals surface area contributed by atoms with Crippen LogP contribution in [0.15, 0.2) is 36.5 Å². The molecule has 0 bridgehead atoms. The molecule has 0 aromatic heterocycles. The third kappa shape index (κ3) is 9.13. The molecule has 0 saturated heterocycles. The third-order valence-corrected chi connectivity index (χ3v) is 2.07. The van der Waals surface area contributed by atoms with Crippen molar-refractivity contribution in [3.8, 4) is 0 Å². The minimum Gasteiger partial charge on any atom is -0.100 e. The Hall–Kier alpha value is -0.780. The van der Waals surface area contributed by atoms with Gasteiger partial charge >= 0.3 is 0 Å². The van der Waals surface area contributed by atoms with Gasteiger partial charge in [0.1, 0.15) is 0 Å². The fourth-order valence-electron chi connectivity index (χ4n) is 0.894. The maximum Gasteiger partial charge on any atom is -0.0261 e. The molecule has 1 atom stereocenters. The summed E-state index contributed by atoms with van der Waals surface area (Å²) < 4.78 is 0. The summed E-state index contributed by atoms with van der Waals surface area (Å²) in [7, 11) is 0. The molecule has 0 heterocycles. The molecule has 0 radical (unpaired) electrons. The number of hydrogen-bond donors (Lipinski definition) is 0. The van der Waals surface area contributed by atoms with Crippen LogP contribution in [-0.2, 0) is 0 Å². The van der Waals surface area contributed by atoms with Crippen molar-refractivity contribution in [2.24, 2.45) is 5.92 Å². The summed E-state index contributed by atoms with van der Waals surface area (Å²) in [6, 6.07) is 0. The fraction of sp³-hybridized carbons (Fsp3) is 0.538. The van der Waals surface area contributed by atoms with E-state index < -0.39 is 0 Å². The van der Waals surface area contributed by atoms with Gasteiger partial charge in [-0.05, 0) is 25.7 Å². The first kappa shape index (κ1) is 12.2. The normalized spacial score (nSPS) is 14.1. The average molecular weight is 178 g/mol. The Morgan fingerprint density at radius 1 is 1.38 bits per heavy atom. The molecule has 74 valence electrons. The van der Waals surface area contributed by atoms with Crippen molar-refractivity contribution in [3.05, 3.63) is 36.5 Å². The quantitative estimate of drug-likeness (QED) is 0.415. The zero-order valence-electron chi connectivity index (χ0n) is 9.22. The lowest BCUT2D eigenvalue weighted by molar-refractivity contribution is 0.698. The Labute approximate surface area is 83.0 Å². The lowest BCUT2D eigenvalue weighted by atomic mass is 10.1. The number of hydrogen-bond acceptors (Lipinski definition) is 0. The van der Waals surface area contributed by atoms with Crippen LogP contribution in [0.3, 0.4) is 0 Å². The maximum atomic E-state index is 3.86. The summed E-state index contributed by atoms with van der Waals surface area (Å²) in [6.07, 6.45) is 12.2. The first-order chi connectivity index (χ1) is 6.16. The number of allylic oxidation sites excluding steroid dienone is 5. The van der Waals surface area contributed by atoms with Crippen molar-refractivity contribution in [1.29, 1.82) is 0 Å². The number of rotatable bonds is 6. The van der Waals surface area contributed by atoms with Gasteiger partial charge in [0.15, 0.2) is 0 Å². The highest BCUT2D eigenvalue weighted by molar-refractivity contribution is 5.04. The standard InChI is InChI=1S/C13H22/c1-5-13(4)11-9-7-6-8-10-12(2)3/h6-7,9,11,13H,2,5,8,10H2,1,3-4H3/t13-/m0/s1. The van der Waals surface area contributed by atoms with Crippen molar-refractivity contribution < 1.29 is 0 Å². The predicted molar refractivity (Wildman–Crippen MR) is 61.8 cm³/mol. The third-order valence-electron chi connectivity index (χ3n) is 2.07. The molecular formula is C13H22. The van der Waals surface area contributed by atoms with Gasteiger partial charge in [0.2, 0.25) is 0 Å². The molecule has 0 spiro atoms. The van der Waals surface area contributed by atoms with Crippen LogP contribution in [0.1, 0.15) is 40.0 Å². The average Bonchev–Trinajstić information content (AvgIpc) is 2.10. The summed E-state index contributed by atoms with van der Waals surface area (Å²) >= 11 is 0. The van der Waals surface area contributed by atoms with Crippen molar-refractivity contribution in [1.82, 2.24) is 0 Å². The van der Waals surface area contributed by atoms with E-state index in [1.54, 1.807) is 0 Å². The van der Waals surface area contributed by atoms with E-state index in [2.05, 4.69) is 51.7 Å². The van der Waals surface area contributed by atoms with Crippen LogP contribution in [0.25, 0.3) is 0 Å². The molecule has 0 aromatic carbocycles. The van der Waals surface area contributed by atoms with Crippen LogP contribution in [0.5, 0.6) is 0 Å². The lowest BCUT2D eigenvalue weighted by Gasteiger charge is -1.96. The molecule has 0 aromatic rings.